The molecule has 1 aromatic heterocycles. The Morgan fingerprint density at radius 2 is 2.07 bits per heavy atom. The SMILES string of the molecule is Nc1cc2cc(C3CC3)[nH]c2cc1Cl. The Morgan fingerprint density at radius 3 is 2.79 bits per heavy atom. The zero-order valence-corrected chi connectivity index (χ0v) is 8.43. The maximum Gasteiger partial charge on any atom is 0.0656 e. The molecule has 1 saturated carbocycles. The van der Waals surface area contributed by atoms with E-state index >= 15 is 0 Å². The van der Waals surface area contributed by atoms with Gasteiger partial charge in [0, 0.05) is 16.6 Å². The van der Waals surface area contributed by atoms with Gasteiger partial charge in [-0.05, 0) is 37.0 Å². The second-order valence-electron chi connectivity index (χ2n) is 3.96. The molecule has 72 valence electrons. The summed E-state index contributed by atoms with van der Waals surface area (Å²) < 4.78 is 0. The average molecular weight is 207 g/mol. The van der Waals surface area contributed by atoms with Gasteiger partial charge in [-0.25, -0.2) is 0 Å². The van der Waals surface area contributed by atoms with E-state index in [9.17, 15) is 0 Å². The van der Waals surface area contributed by atoms with E-state index in [-0.39, 0.29) is 0 Å². The van der Waals surface area contributed by atoms with Gasteiger partial charge in [0.05, 0.1) is 10.7 Å². The predicted octanol–water partition coefficient (Wildman–Crippen LogP) is 3.28. The summed E-state index contributed by atoms with van der Waals surface area (Å²) in [7, 11) is 0. The van der Waals surface area contributed by atoms with Gasteiger partial charge >= 0.3 is 0 Å². The summed E-state index contributed by atoms with van der Waals surface area (Å²) in [5.41, 5.74) is 8.80. The highest BCUT2D eigenvalue weighted by molar-refractivity contribution is 6.33. The first kappa shape index (κ1) is 8.18. The van der Waals surface area contributed by atoms with Crippen LogP contribution in [0.5, 0.6) is 0 Å². The van der Waals surface area contributed by atoms with E-state index in [1.54, 1.807) is 0 Å². The molecule has 0 unspecified atom stereocenters. The summed E-state index contributed by atoms with van der Waals surface area (Å²) >= 11 is 5.95. The summed E-state index contributed by atoms with van der Waals surface area (Å²) in [6.45, 7) is 0. The Bertz CT molecular complexity index is 458. The molecule has 3 N–H and O–H groups in total. The van der Waals surface area contributed by atoms with Crippen LogP contribution in [0, 0.1) is 0 Å². The number of rotatable bonds is 1. The number of hydrogen-bond donors (Lipinski definition) is 2. The minimum absolute atomic E-state index is 0.627. The number of anilines is 1. The minimum atomic E-state index is 0.627. The van der Waals surface area contributed by atoms with E-state index in [1.165, 1.54) is 18.5 Å². The number of aromatic amines is 1. The van der Waals surface area contributed by atoms with Gasteiger partial charge in [0.2, 0.25) is 0 Å². The number of hydrogen-bond acceptors (Lipinski definition) is 1. The second kappa shape index (κ2) is 2.67. The molecule has 2 nitrogen and oxygen atoms in total. The van der Waals surface area contributed by atoms with Gasteiger partial charge in [-0.2, -0.15) is 0 Å². The number of benzene rings is 1. The first-order chi connectivity index (χ1) is 6.74. The van der Waals surface area contributed by atoms with Gasteiger partial charge in [-0.3, -0.25) is 0 Å². The molecule has 0 bridgehead atoms. The summed E-state index contributed by atoms with van der Waals surface area (Å²) in [5, 5.41) is 1.79. The molecule has 3 heteroatoms. The lowest BCUT2D eigenvalue weighted by atomic mass is 10.2. The third-order valence-corrected chi connectivity index (χ3v) is 3.10. The number of nitrogen functional groups attached to an aromatic ring is 1. The van der Waals surface area contributed by atoms with Crippen molar-refractivity contribution in [1.29, 1.82) is 0 Å². The van der Waals surface area contributed by atoms with Crippen LogP contribution < -0.4 is 5.73 Å². The van der Waals surface area contributed by atoms with E-state index in [2.05, 4.69) is 11.1 Å². The van der Waals surface area contributed by atoms with Gasteiger partial charge < -0.3 is 10.7 Å². The van der Waals surface area contributed by atoms with Crippen LogP contribution in [0.1, 0.15) is 24.5 Å². The van der Waals surface area contributed by atoms with Crippen LogP contribution >= 0.6 is 11.6 Å². The highest BCUT2D eigenvalue weighted by Gasteiger charge is 2.25. The Labute approximate surface area is 87.1 Å². The molecular formula is C11H11ClN2. The van der Waals surface area contributed by atoms with E-state index in [4.69, 9.17) is 17.3 Å². The third-order valence-electron chi connectivity index (χ3n) is 2.78. The predicted molar refractivity (Wildman–Crippen MR) is 59.7 cm³/mol. The molecule has 0 saturated heterocycles. The Morgan fingerprint density at radius 1 is 1.29 bits per heavy atom. The quantitative estimate of drug-likeness (QED) is 0.691. The molecule has 1 aromatic carbocycles. The minimum Gasteiger partial charge on any atom is -0.398 e. The first-order valence-electron chi connectivity index (χ1n) is 4.81. The standard InChI is InChI=1S/C11H11ClN2/c12-8-5-11-7(3-9(8)13)4-10(14-11)6-1-2-6/h3-6,14H,1-2,13H2. The molecule has 1 aliphatic rings. The zero-order chi connectivity index (χ0) is 9.71. The van der Waals surface area contributed by atoms with Crippen LogP contribution in [-0.4, -0.2) is 4.98 Å². The van der Waals surface area contributed by atoms with E-state index < -0.39 is 0 Å². The third kappa shape index (κ3) is 1.18. The number of halogens is 1. The number of aromatic nitrogens is 1. The summed E-state index contributed by atoms with van der Waals surface area (Å²) in [6, 6.07) is 6.01. The normalized spacial score (nSPS) is 16.4. The molecule has 14 heavy (non-hydrogen) atoms. The zero-order valence-electron chi connectivity index (χ0n) is 7.68. The molecular weight excluding hydrogens is 196 g/mol. The van der Waals surface area contributed by atoms with Crippen molar-refractivity contribution in [2.75, 3.05) is 5.73 Å². The van der Waals surface area contributed by atoms with Crippen molar-refractivity contribution in [2.24, 2.45) is 0 Å². The van der Waals surface area contributed by atoms with Gasteiger partial charge in [-0.15, -0.1) is 0 Å². The monoisotopic (exact) mass is 206 g/mol. The van der Waals surface area contributed by atoms with Crippen molar-refractivity contribution in [3.8, 4) is 0 Å². The molecule has 0 aliphatic heterocycles. The van der Waals surface area contributed by atoms with Crippen molar-refractivity contribution in [2.45, 2.75) is 18.8 Å². The van der Waals surface area contributed by atoms with Crippen LogP contribution in [0.2, 0.25) is 5.02 Å². The van der Waals surface area contributed by atoms with Crippen molar-refractivity contribution in [3.05, 3.63) is 28.9 Å². The average Bonchev–Trinajstić information content (AvgIpc) is 2.90. The Hall–Kier alpha value is -1.15. The molecule has 1 fully saturated rings. The lowest BCUT2D eigenvalue weighted by Crippen LogP contribution is -1.84. The molecule has 0 radical (unpaired) electrons. The van der Waals surface area contributed by atoms with Crippen LogP contribution in [0.15, 0.2) is 18.2 Å². The lowest BCUT2D eigenvalue weighted by Gasteiger charge is -1.96. The maximum atomic E-state index is 5.95. The second-order valence-corrected chi connectivity index (χ2v) is 4.37. The highest BCUT2D eigenvalue weighted by Crippen LogP contribution is 2.41. The fourth-order valence-electron chi connectivity index (χ4n) is 1.81. The van der Waals surface area contributed by atoms with E-state index in [0.29, 0.717) is 10.7 Å². The van der Waals surface area contributed by atoms with Crippen molar-refractivity contribution < 1.29 is 0 Å². The van der Waals surface area contributed by atoms with Crippen LogP contribution in [0.4, 0.5) is 5.69 Å². The molecule has 0 amide bonds. The van der Waals surface area contributed by atoms with Gasteiger partial charge in [0.25, 0.3) is 0 Å². The smallest absolute Gasteiger partial charge is 0.0656 e. The maximum absolute atomic E-state index is 5.95. The highest BCUT2D eigenvalue weighted by atomic mass is 35.5. The number of fused-ring (bicyclic) bond motifs is 1. The largest absolute Gasteiger partial charge is 0.398 e. The molecule has 0 spiro atoms. The fourth-order valence-corrected chi connectivity index (χ4v) is 1.97. The molecule has 1 aliphatic carbocycles. The summed E-state index contributed by atoms with van der Waals surface area (Å²) in [6.07, 6.45) is 2.60. The van der Waals surface area contributed by atoms with Gasteiger partial charge in [-0.1, -0.05) is 11.6 Å². The Kier molecular flexibility index (Phi) is 1.56. The number of nitrogens with one attached hydrogen (secondary N) is 1. The number of H-pyrrole nitrogens is 1. The molecule has 0 atom stereocenters. The molecule has 3 rings (SSSR count). The Balaban J connectivity index is 2.22. The van der Waals surface area contributed by atoms with Crippen LogP contribution in [0.3, 0.4) is 0 Å². The number of nitrogens with two attached hydrogens (primary N) is 1. The molecule has 2 aromatic rings. The first-order valence-corrected chi connectivity index (χ1v) is 5.19. The topological polar surface area (TPSA) is 41.8 Å². The van der Waals surface area contributed by atoms with E-state index in [0.717, 1.165) is 16.8 Å². The van der Waals surface area contributed by atoms with Crippen LogP contribution in [-0.2, 0) is 0 Å². The summed E-state index contributed by atoms with van der Waals surface area (Å²) in [4.78, 5) is 3.39. The fraction of sp³-hybridized carbons (Fsp3) is 0.273. The van der Waals surface area contributed by atoms with Gasteiger partial charge in [0.15, 0.2) is 0 Å². The van der Waals surface area contributed by atoms with Crippen molar-refractivity contribution >= 4 is 28.2 Å². The van der Waals surface area contributed by atoms with Crippen molar-refractivity contribution in [3.63, 3.8) is 0 Å². The van der Waals surface area contributed by atoms with Crippen molar-refractivity contribution in [1.82, 2.24) is 4.98 Å². The lowest BCUT2D eigenvalue weighted by molar-refractivity contribution is 1.06. The molecule has 1 heterocycles. The van der Waals surface area contributed by atoms with E-state index in [1.807, 2.05) is 12.1 Å². The summed E-state index contributed by atoms with van der Waals surface area (Å²) in [5.74, 6) is 0.738. The van der Waals surface area contributed by atoms with Crippen LogP contribution in [0.25, 0.3) is 10.9 Å². The van der Waals surface area contributed by atoms with Gasteiger partial charge in [0.1, 0.15) is 0 Å².